The van der Waals surface area contributed by atoms with Gasteiger partial charge in [-0.2, -0.15) is 0 Å². The Labute approximate surface area is 118 Å². The fraction of sp³-hybridized carbons (Fsp3) is 0.533. The van der Waals surface area contributed by atoms with Gasteiger partial charge in [-0.05, 0) is 30.9 Å². The molecule has 5 heteroatoms. The highest BCUT2D eigenvalue weighted by Crippen LogP contribution is 2.25. The van der Waals surface area contributed by atoms with Crippen molar-refractivity contribution in [2.75, 3.05) is 5.32 Å². The van der Waals surface area contributed by atoms with Gasteiger partial charge in [0.05, 0.1) is 0 Å². The summed E-state index contributed by atoms with van der Waals surface area (Å²) in [5.74, 6) is -0.672. The van der Waals surface area contributed by atoms with E-state index in [4.69, 9.17) is 5.11 Å². The Morgan fingerprint density at radius 2 is 1.95 bits per heavy atom. The van der Waals surface area contributed by atoms with Crippen LogP contribution in [0.4, 0.5) is 5.82 Å². The van der Waals surface area contributed by atoms with Gasteiger partial charge in [0.2, 0.25) is 5.91 Å². The van der Waals surface area contributed by atoms with Gasteiger partial charge < -0.3 is 10.4 Å². The quantitative estimate of drug-likeness (QED) is 0.828. The van der Waals surface area contributed by atoms with E-state index in [9.17, 15) is 9.59 Å². The van der Waals surface area contributed by atoms with E-state index >= 15 is 0 Å². The fourth-order valence-electron chi connectivity index (χ4n) is 2.69. The molecule has 1 aromatic rings. The van der Waals surface area contributed by atoms with Crippen LogP contribution in [-0.4, -0.2) is 22.0 Å². The Balaban J connectivity index is 1.95. The van der Waals surface area contributed by atoms with E-state index < -0.39 is 5.97 Å². The fourth-order valence-corrected chi connectivity index (χ4v) is 2.69. The highest BCUT2D eigenvalue weighted by atomic mass is 16.4. The number of pyridine rings is 1. The molecule has 0 radical (unpaired) electrons. The summed E-state index contributed by atoms with van der Waals surface area (Å²) in [7, 11) is 0. The lowest BCUT2D eigenvalue weighted by molar-refractivity contribution is -0.117. The predicted molar refractivity (Wildman–Crippen MR) is 75.6 cm³/mol. The van der Waals surface area contributed by atoms with Crippen molar-refractivity contribution < 1.29 is 14.7 Å². The first kappa shape index (κ1) is 14.5. The van der Waals surface area contributed by atoms with Crippen LogP contribution in [0.3, 0.4) is 0 Å². The zero-order valence-corrected chi connectivity index (χ0v) is 11.5. The van der Waals surface area contributed by atoms with Crippen LogP contribution in [0.1, 0.15) is 55.3 Å². The maximum atomic E-state index is 12.0. The van der Waals surface area contributed by atoms with Crippen molar-refractivity contribution >= 4 is 17.7 Å². The number of aromatic nitrogens is 1. The number of hydrogen-bond acceptors (Lipinski definition) is 3. The SMILES string of the molecule is O=C(CC1CCCCCC1)Nc1ncccc1C(=O)O. The topological polar surface area (TPSA) is 79.3 Å². The number of carboxylic acid groups (broad SMARTS) is 1. The highest BCUT2D eigenvalue weighted by molar-refractivity contribution is 5.99. The van der Waals surface area contributed by atoms with Gasteiger partial charge in [-0.3, -0.25) is 4.79 Å². The molecule has 2 N–H and O–H groups in total. The Bertz CT molecular complexity index is 480. The molecule has 1 fully saturated rings. The molecular formula is C15H20N2O3. The van der Waals surface area contributed by atoms with E-state index in [0.29, 0.717) is 12.3 Å². The van der Waals surface area contributed by atoms with Crippen LogP contribution in [0.2, 0.25) is 0 Å². The molecule has 1 amide bonds. The van der Waals surface area contributed by atoms with Crippen LogP contribution in [0, 0.1) is 5.92 Å². The molecule has 20 heavy (non-hydrogen) atoms. The van der Waals surface area contributed by atoms with E-state index in [1.165, 1.54) is 37.9 Å². The molecule has 0 aromatic carbocycles. The normalized spacial score (nSPS) is 16.4. The molecule has 1 aromatic heterocycles. The first-order valence-electron chi connectivity index (χ1n) is 7.15. The highest BCUT2D eigenvalue weighted by Gasteiger charge is 2.18. The monoisotopic (exact) mass is 276 g/mol. The largest absolute Gasteiger partial charge is 0.478 e. The number of carboxylic acids is 1. The maximum Gasteiger partial charge on any atom is 0.339 e. The van der Waals surface area contributed by atoms with E-state index in [-0.39, 0.29) is 17.3 Å². The van der Waals surface area contributed by atoms with Crippen molar-refractivity contribution in [3.05, 3.63) is 23.9 Å². The summed E-state index contributed by atoms with van der Waals surface area (Å²) >= 11 is 0. The number of rotatable bonds is 4. The summed E-state index contributed by atoms with van der Waals surface area (Å²) in [4.78, 5) is 27.0. The van der Waals surface area contributed by atoms with Crippen molar-refractivity contribution in [1.29, 1.82) is 0 Å². The maximum absolute atomic E-state index is 12.0. The smallest absolute Gasteiger partial charge is 0.339 e. The van der Waals surface area contributed by atoms with Crippen LogP contribution in [0.25, 0.3) is 0 Å². The summed E-state index contributed by atoms with van der Waals surface area (Å²) in [6.07, 6.45) is 8.97. The van der Waals surface area contributed by atoms with Crippen molar-refractivity contribution in [2.24, 2.45) is 5.92 Å². The van der Waals surface area contributed by atoms with Crippen LogP contribution in [-0.2, 0) is 4.79 Å². The molecule has 2 rings (SSSR count). The van der Waals surface area contributed by atoms with E-state index in [1.54, 1.807) is 6.07 Å². The van der Waals surface area contributed by atoms with Gasteiger partial charge in [-0.25, -0.2) is 9.78 Å². The third kappa shape index (κ3) is 4.05. The molecule has 108 valence electrons. The van der Waals surface area contributed by atoms with Crippen molar-refractivity contribution in [2.45, 2.75) is 44.9 Å². The number of carbonyl (C=O) groups is 2. The standard InChI is InChI=1S/C15H20N2O3/c18-13(10-11-6-3-1-2-4-7-11)17-14-12(15(19)20)8-5-9-16-14/h5,8-9,11H,1-4,6-7,10H2,(H,19,20)(H,16,17,18). The van der Waals surface area contributed by atoms with Gasteiger partial charge in [-0.1, -0.05) is 25.7 Å². The van der Waals surface area contributed by atoms with E-state index in [1.807, 2.05) is 0 Å². The Morgan fingerprint density at radius 3 is 2.60 bits per heavy atom. The molecule has 1 aliphatic carbocycles. The number of nitrogens with zero attached hydrogens (tertiary/aromatic N) is 1. The van der Waals surface area contributed by atoms with Crippen molar-refractivity contribution in [3.63, 3.8) is 0 Å². The van der Waals surface area contributed by atoms with Crippen molar-refractivity contribution in [1.82, 2.24) is 4.98 Å². The molecule has 0 aliphatic heterocycles. The molecule has 1 heterocycles. The van der Waals surface area contributed by atoms with E-state index in [0.717, 1.165) is 12.8 Å². The van der Waals surface area contributed by atoms with E-state index in [2.05, 4.69) is 10.3 Å². The van der Waals surface area contributed by atoms with Gasteiger partial charge >= 0.3 is 5.97 Å². The second-order valence-corrected chi connectivity index (χ2v) is 5.31. The number of anilines is 1. The Morgan fingerprint density at radius 1 is 1.25 bits per heavy atom. The third-order valence-electron chi connectivity index (χ3n) is 3.74. The molecule has 1 saturated carbocycles. The number of carbonyl (C=O) groups excluding carboxylic acids is 1. The Kier molecular flexibility index (Phi) is 5.09. The van der Waals surface area contributed by atoms with Crippen LogP contribution in [0.15, 0.2) is 18.3 Å². The molecule has 0 spiro atoms. The van der Waals surface area contributed by atoms with Gasteiger partial charge in [0, 0.05) is 12.6 Å². The number of amides is 1. The number of nitrogens with one attached hydrogen (secondary N) is 1. The molecule has 0 unspecified atom stereocenters. The summed E-state index contributed by atoms with van der Waals surface area (Å²) in [5, 5.41) is 11.7. The van der Waals surface area contributed by atoms with Crippen LogP contribution < -0.4 is 5.32 Å². The summed E-state index contributed by atoms with van der Waals surface area (Å²) < 4.78 is 0. The van der Waals surface area contributed by atoms with Gasteiger partial charge in [0.25, 0.3) is 0 Å². The summed E-state index contributed by atoms with van der Waals surface area (Å²) in [6.45, 7) is 0. The van der Waals surface area contributed by atoms with Gasteiger partial charge in [-0.15, -0.1) is 0 Å². The lowest BCUT2D eigenvalue weighted by atomic mass is 9.96. The summed E-state index contributed by atoms with van der Waals surface area (Å²) in [6, 6.07) is 2.99. The number of aromatic carboxylic acids is 1. The summed E-state index contributed by atoms with van der Waals surface area (Å²) in [5.41, 5.74) is 0.0294. The van der Waals surface area contributed by atoms with Crippen LogP contribution >= 0.6 is 0 Å². The zero-order chi connectivity index (χ0) is 14.4. The van der Waals surface area contributed by atoms with Gasteiger partial charge in [0.15, 0.2) is 0 Å². The zero-order valence-electron chi connectivity index (χ0n) is 11.5. The predicted octanol–water partition coefficient (Wildman–Crippen LogP) is 3.08. The number of hydrogen-bond donors (Lipinski definition) is 2. The minimum atomic E-state index is -1.08. The molecule has 0 saturated heterocycles. The minimum absolute atomic E-state index is 0.0294. The average Bonchev–Trinajstić information content (AvgIpc) is 2.67. The average molecular weight is 276 g/mol. The molecule has 1 aliphatic rings. The lowest BCUT2D eigenvalue weighted by Crippen LogP contribution is -2.19. The van der Waals surface area contributed by atoms with Crippen LogP contribution in [0.5, 0.6) is 0 Å². The van der Waals surface area contributed by atoms with Gasteiger partial charge in [0.1, 0.15) is 11.4 Å². The van der Waals surface area contributed by atoms with Crippen molar-refractivity contribution in [3.8, 4) is 0 Å². The second-order valence-electron chi connectivity index (χ2n) is 5.31. The minimum Gasteiger partial charge on any atom is -0.478 e. The molecule has 0 atom stereocenters. The Hall–Kier alpha value is -1.91. The first-order chi connectivity index (χ1) is 9.66. The lowest BCUT2D eigenvalue weighted by Gasteiger charge is -2.13. The molecular weight excluding hydrogens is 256 g/mol. The third-order valence-corrected chi connectivity index (χ3v) is 3.74. The first-order valence-corrected chi connectivity index (χ1v) is 7.15. The molecule has 5 nitrogen and oxygen atoms in total. The molecule has 0 bridgehead atoms. The second kappa shape index (κ2) is 7.03.